The number of halogens is 2. The van der Waals surface area contributed by atoms with Gasteiger partial charge >= 0.3 is 0 Å². The fourth-order valence-corrected chi connectivity index (χ4v) is 3.57. The second-order valence-corrected chi connectivity index (χ2v) is 7.43. The first-order valence-corrected chi connectivity index (χ1v) is 9.86. The third-order valence-corrected chi connectivity index (χ3v) is 5.09. The van der Waals surface area contributed by atoms with Crippen LogP contribution in [0.2, 0.25) is 0 Å². The van der Waals surface area contributed by atoms with Gasteiger partial charge in [-0.05, 0) is 73.4 Å². The molecule has 0 fully saturated rings. The topological polar surface area (TPSA) is 26.0 Å². The summed E-state index contributed by atoms with van der Waals surface area (Å²) < 4.78 is 30.7. The summed E-state index contributed by atoms with van der Waals surface area (Å²) in [6.07, 6.45) is 0. The minimum absolute atomic E-state index is 0.255. The summed E-state index contributed by atoms with van der Waals surface area (Å²) in [5, 5.41) is 4.73. The molecule has 4 aromatic rings. The van der Waals surface area contributed by atoms with Crippen LogP contribution in [0.5, 0.6) is 0 Å². The molecule has 0 saturated heterocycles. The fourth-order valence-electron chi connectivity index (χ4n) is 3.28. The molecule has 4 nitrogen and oxygen atoms in total. The van der Waals surface area contributed by atoms with E-state index in [4.69, 9.17) is 17.3 Å². The van der Waals surface area contributed by atoms with Crippen molar-refractivity contribution in [1.82, 2.24) is 19.2 Å². The maximum absolute atomic E-state index is 13.4. The van der Waals surface area contributed by atoms with Crippen LogP contribution in [0, 0.1) is 16.4 Å². The highest BCUT2D eigenvalue weighted by atomic mass is 32.1. The third-order valence-electron chi connectivity index (χ3n) is 4.70. The van der Waals surface area contributed by atoms with Crippen molar-refractivity contribution in [3.63, 3.8) is 0 Å². The molecule has 0 atom stereocenters. The Morgan fingerprint density at radius 1 is 0.867 bits per heavy atom. The zero-order valence-corrected chi connectivity index (χ0v) is 17.2. The van der Waals surface area contributed by atoms with Crippen molar-refractivity contribution in [2.24, 2.45) is 0 Å². The number of nitrogens with zero attached hydrogens (tertiary/aromatic N) is 4. The van der Waals surface area contributed by atoms with E-state index < -0.39 is 0 Å². The summed E-state index contributed by atoms with van der Waals surface area (Å²) in [7, 11) is 1.95. The molecule has 0 amide bonds. The minimum atomic E-state index is -0.304. The van der Waals surface area contributed by atoms with E-state index in [2.05, 4.69) is 0 Å². The van der Waals surface area contributed by atoms with Crippen molar-refractivity contribution < 1.29 is 8.78 Å². The highest BCUT2D eigenvalue weighted by Gasteiger charge is 2.15. The Balaban J connectivity index is 1.69. The predicted molar refractivity (Wildman–Crippen MR) is 116 cm³/mol. The molecule has 0 aliphatic carbocycles. The molecule has 7 heteroatoms. The van der Waals surface area contributed by atoms with Crippen molar-refractivity contribution in [2.75, 3.05) is 7.05 Å². The highest BCUT2D eigenvalue weighted by Crippen LogP contribution is 2.23. The van der Waals surface area contributed by atoms with Gasteiger partial charge in [0.2, 0.25) is 4.77 Å². The second-order valence-electron chi connectivity index (χ2n) is 7.07. The molecule has 3 aromatic carbocycles. The molecular formula is C23H20F2N4S. The average molecular weight is 423 g/mol. The first-order chi connectivity index (χ1) is 14.5. The first-order valence-electron chi connectivity index (χ1n) is 9.45. The Labute approximate surface area is 178 Å². The van der Waals surface area contributed by atoms with Crippen LogP contribution in [0.25, 0.3) is 17.1 Å². The van der Waals surface area contributed by atoms with E-state index in [0.29, 0.717) is 23.8 Å². The van der Waals surface area contributed by atoms with Crippen LogP contribution in [-0.4, -0.2) is 26.3 Å². The molecule has 30 heavy (non-hydrogen) atoms. The van der Waals surface area contributed by atoms with Gasteiger partial charge in [-0.2, -0.15) is 0 Å². The molecular weight excluding hydrogens is 402 g/mol. The van der Waals surface area contributed by atoms with Crippen molar-refractivity contribution in [3.8, 4) is 17.1 Å². The van der Waals surface area contributed by atoms with Crippen LogP contribution in [0.1, 0.15) is 5.56 Å². The van der Waals surface area contributed by atoms with Crippen LogP contribution in [0.15, 0.2) is 78.9 Å². The Morgan fingerprint density at radius 3 is 2.10 bits per heavy atom. The zero-order chi connectivity index (χ0) is 21.1. The maximum Gasteiger partial charge on any atom is 0.204 e. The van der Waals surface area contributed by atoms with E-state index in [1.807, 2.05) is 46.8 Å². The van der Waals surface area contributed by atoms with Gasteiger partial charge < -0.3 is 0 Å². The molecule has 4 rings (SSSR count). The molecule has 0 aliphatic heterocycles. The number of para-hydroxylation sites is 1. The number of hydrogen-bond donors (Lipinski definition) is 0. The molecule has 1 aromatic heterocycles. The lowest BCUT2D eigenvalue weighted by Crippen LogP contribution is -2.22. The zero-order valence-electron chi connectivity index (χ0n) is 16.4. The van der Waals surface area contributed by atoms with Crippen LogP contribution in [0.3, 0.4) is 0 Å². The summed E-state index contributed by atoms with van der Waals surface area (Å²) in [6, 6.07) is 22.3. The van der Waals surface area contributed by atoms with Crippen LogP contribution in [0.4, 0.5) is 8.78 Å². The van der Waals surface area contributed by atoms with Crippen molar-refractivity contribution >= 4 is 12.2 Å². The van der Waals surface area contributed by atoms with Crippen LogP contribution in [-0.2, 0) is 13.2 Å². The Morgan fingerprint density at radius 2 is 1.47 bits per heavy atom. The van der Waals surface area contributed by atoms with Gasteiger partial charge in [-0.15, -0.1) is 5.10 Å². The monoisotopic (exact) mass is 422 g/mol. The van der Waals surface area contributed by atoms with Gasteiger partial charge in [0.05, 0.1) is 6.67 Å². The van der Waals surface area contributed by atoms with Crippen molar-refractivity contribution in [3.05, 3.63) is 101 Å². The smallest absolute Gasteiger partial charge is 0.204 e. The number of aromatic nitrogens is 3. The molecule has 0 bridgehead atoms. The largest absolute Gasteiger partial charge is 0.283 e. The van der Waals surface area contributed by atoms with E-state index in [1.54, 1.807) is 28.9 Å². The van der Waals surface area contributed by atoms with Gasteiger partial charge in [0, 0.05) is 17.8 Å². The average Bonchev–Trinajstić information content (AvgIpc) is 3.07. The fraction of sp³-hybridized carbons (Fsp3) is 0.130. The molecule has 0 spiro atoms. The van der Waals surface area contributed by atoms with Crippen molar-refractivity contribution in [2.45, 2.75) is 13.2 Å². The van der Waals surface area contributed by atoms with E-state index in [1.165, 1.54) is 24.3 Å². The molecule has 0 radical (unpaired) electrons. The lowest BCUT2D eigenvalue weighted by atomic mass is 10.2. The SMILES string of the molecule is CN(Cc1ccc(F)cc1)Cn1nc(-c2ccc(F)cc2)n(-c2ccccc2)c1=S. The Kier molecular flexibility index (Phi) is 5.83. The van der Waals surface area contributed by atoms with Gasteiger partial charge in [0.1, 0.15) is 11.6 Å². The molecule has 0 unspecified atom stereocenters. The van der Waals surface area contributed by atoms with E-state index >= 15 is 0 Å². The molecule has 1 heterocycles. The van der Waals surface area contributed by atoms with Gasteiger partial charge in [-0.1, -0.05) is 30.3 Å². The van der Waals surface area contributed by atoms with E-state index in [9.17, 15) is 8.78 Å². The third kappa shape index (κ3) is 4.37. The normalized spacial score (nSPS) is 11.2. The Bertz CT molecular complexity index is 1180. The van der Waals surface area contributed by atoms with E-state index in [-0.39, 0.29) is 11.6 Å². The summed E-state index contributed by atoms with van der Waals surface area (Å²) in [4.78, 5) is 2.04. The number of benzene rings is 3. The summed E-state index contributed by atoms with van der Waals surface area (Å²) >= 11 is 5.73. The number of rotatable bonds is 6. The summed E-state index contributed by atoms with van der Waals surface area (Å²) in [5.74, 6) is 0.0811. The second kappa shape index (κ2) is 8.69. The number of hydrogen-bond acceptors (Lipinski definition) is 3. The van der Waals surface area contributed by atoms with Gasteiger partial charge in [0.25, 0.3) is 0 Å². The summed E-state index contributed by atoms with van der Waals surface area (Å²) in [6.45, 7) is 1.07. The molecule has 0 saturated carbocycles. The molecule has 0 N–H and O–H groups in total. The predicted octanol–water partition coefficient (Wildman–Crippen LogP) is 5.44. The lowest BCUT2D eigenvalue weighted by Gasteiger charge is -2.16. The van der Waals surface area contributed by atoms with Crippen molar-refractivity contribution in [1.29, 1.82) is 0 Å². The van der Waals surface area contributed by atoms with E-state index in [0.717, 1.165) is 16.8 Å². The minimum Gasteiger partial charge on any atom is -0.283 e. The highest BCUT2D eigenvalue weighted by molar-refractivity contribution is 7.71. The molecule has 0 aliphatic rings. The summed E-state index contributed by atoms with van der Waals surface area (Å²) in [5.41, 5.74) is 2.65. The van der Waals surface area contributed by atoms with Gasteiger partial charge in [0.15, 0.2) is 5.82 Å². The van der Waals surface area contributed by atoms with Gasteiger partial charge in [-0.3, -0.25) is 9.47 Å². The molecule has 152 valence electrons. The standard InChI is InChI=1S/C23H20F2N4S/c1-27(15-17-7-11-19(24)12-8-17)16-28-23(30)29(21-5-3-2-4-6-21)22(26-28)18-9-13-20(25)14-10-18/h2-14H,15-16H2,1H3. The maximum atomic E-state index is 13.4. The Hall–Kier alpha value is -3.16. The van der Waals surface area contributed by atoms with Gasteiger partial charge in [-0.25, -0.2) is 13.5 Å². The quantitative estimate of drug-likeness (QED) is 0.387. The lowest BCUT2D eigenvalue weighted by molar-refractivity contribution is 0.244. The first kappa shape index (κ1) is 20.1. The van der Waals surface area contributed by atoms with Crippen LogP contribution < -0.4 is 0 Å². The van der Waals surface area contributed by atoms with Crippen LogP contribution >= 0.6 is 12.2 Å².